The summed E-state index contributed by atoms with van der Waals surface area (Å²) in [6.07, 6.45) is -5.15. The molecule has 6 heteroatoms. The Labute approximate surface area is 93.0 Å². The summed E-state index contributed by atoms with van der Waals surface area (Å²) in [5.41, 5.74) is 0. The molecule has 0 spiro atoms. The molecule has 2 N–H and O–H groups in total. The van der Waals surface area contributed by atoms with Crippen molar-refractivity contribution in [3.63, 3.8) is 0 Å². The molecule has 0 saturated carbocycles. The summed E-state index contributed by atoms with van der Waals surface area (Å²) in [4.78, 5) is 10.7. The van der Waals surface area contributed by atoms with Gasteiger partial charge in [-0.1, -0.05) is 0 Å². The molecule has 0 heterocycles. The third-order valence-corrected chi connectivity index (χ3v) is 1.86. The van der Waals surface area contributed by atoms with Crippen molar-refractivity contribution in [2.24, 2.45) is 0 Å². The first-order chi connectivity index (χ1) is 8.62. The molecule has 0 aromatic heterocycles. The van der Waals surface area contributed by atoms with Gasteiger partial charge in [-0.3, -0.25) is 0 Å². The predicted molar refractivity (Wildman–Crippen MR) is 51.5 cm³/mol. The molecule has 0 aromatic carbocycles. The monoisotopic (exact) mass is 225 g/mol. The molecule has 0 aliphatic heterocycles. The number of carbonyl (C=O) groups is 1. The molecule has 4 atom stereocenters. The lowest BCUT2D eigenvalue weighted by atomic mass is 10.0. The first kappa shape index (κ1) is 9.68. The van der Waals surface area contributed by atoms with Gasteiger partial charge in [0.25, 0.3) is 0 Å². The zero-order valence-electron chi connectivity index (χ0n) is 11.2. The van der Waals surface area contributed by atoms with Crippen LogP contribution in [-0.2, 0) is 19.0 Å². The zero-order valence-corrected chi connectivity index (χ0v) is 8.24. The fourth-order valence-corrected chi connectivity index (χ4v) is 1.06. The second-order valence-corrected chi connectivity index (χ2v) is 2.83. The van der Waals surface area contributed by atoms with Crippen molar-refractivity contribution < 1.29 is 33.3 Å². The Bertz CT molecular complexity index is 220. The van der Waals surface area contributed by atoms with Crippen LogP contribution in [0.1, 0.15) is 4.11 Å². The van der Waals surface area contributed by atoms with Gasteiger partial charge in [0.2, 0.25) is 0 Å². The van der Waals surface area contributed by atoms with Gasteiger partial charge in [0.05, 0.1) is 10.7 Å². The summed E-state index contributed by atoms with van der Waals surface area (Å²) in [7, 11) is -1.44. The number of aliphatic hydroxyl groups is 2. The smallest absolute Gasteiger partial charge is 0.151 e. The van der Waals surface area contributed by atoms with Crippen LogP contribution >= 0.6 is 0 Å². The highest BCUT2D eigenvalue weighted by atomic mass is 16.5. The molecule has 0 unspecified atom stereocenters. The molecule has 0 aliphatic rings. The maximum absolute atomic E-state index is 10.7. The van der Waals surface area contributed by atoms with E-state index in [1.165, 1.54) is 0 Å². The Hall–Kier alpha value is -0.530. The molecule has 0 radical (unpaired) electrons. The lowest BCUT2D eigenvalue weighted by Gasteiger charge is -2.28. The van der Waals surface area contributed by atoms with Crippen molar-refractivity contribution in [2.45, 2.75) is 24.4 Å². The molecule has 0 fully saturated rings. The molecule has 0 saturated heterocycles. The molecule has 0 amide bonds. The number of methoxy groups -OCH3 is 3. The van der Waals surface area contributed by atoms with E-state index >= 15 is 0 Å². The van der Waals surface area contributed by atoms with Crippen molar-refractivity contribution in [2.75, 3.05) is 27.9 Å². The Morgan fingerprint density at radius 1 is 1.33 bits per heavy atom. The molecule has 0 aliphatic carbocycles. The second kappa shape index (κ2) is 7.72. The van der Waals surface area contributed by atoms with Crippen LogP contribution in [0.2, 0.25) is 0 Å². The van der Waals surface area contributed by atoms with Crippen molar-refractivity contribution in [3.05, 3.63) is 0 Å². The average molecular weight is 225 g/mol. The SMILES string of the molecule is [2H]COC[C@@H](O)[C@@H](OC[2H])[C@H](O)[C@H](C=O)OC[2H]. The van der Waals surface area contributed by atoms with E-state index in [4.69, 9.17) is 8.85 Å². The second-order valence-electron chi connectivity index (χ2n) is 2.83. The summed E-state index contributed by atoms with van der Waals surface area (Å²) in [6, 6.07) is 0. The van der Waals surface area contributed by atoms with Gasteiger partial charge >= 0.3 is 0 Å². The normalized spacial score (nSPS) is 21.9. The van der Waals surface area contributed by atoms with Gasteiger partial charge in [-0.05, 0) is 0 Å². The Morgan fingerprint density at radius 3 is 2.60 bits per heavy atom. The average Bonchev–Trinajstić information content (AvgIpc) is 2.38. The topological polar surface area (TPSA) is 85.2 Å². The van der Waals surface area contributed by atoms with E-state index < -0.39 is 38.6 Å². The summed E-state index contributed by atoms with van der Waals surface area (Å²) in [6.45, 7) is -0.280. The first-order valence-electron chi connectivity index (χ1n) is 6.24. The van der Waals surface area contributed by atoms with E-state index in [9.17, 15) is 15.0 Å². The Balaban J connectivity index is 4.57. The molecule has 15 heavy (non-hydrogen) atoms. The van der Waals surface area contributed by atoms with Crippen LogP contribution in [-0.4, -0.2) is 68.8 Å². The highest BCUT2D eigenvalue weighted by molar-refractivity contribution is 5.57. The van der Waals surface area contributed by atoms with E-state index in [0.29, 0.717) is 0 Å². The van der Waals surface area contributed by atoms with E-state index in [-0.39, 0.29) is 20.0 Å². The summed E-state index contributed by atoms with van der Waals surface area (Å²) >= 11 is 0. The maximum Gasteiger partial charge on any atom is 0.151 e. The Morgan fingerprint density at radius 2 is 2.07 bits per heavy atom. The minimum Gasteiger partial charge on any atom is -0.388 e. The van der Waals surface area contributed by atoms with Crippen LogP contribution < -0.4 is 0 Å². The molecular weight excluding hydrogens is 204 g/mol. The third kappa shape index (κ3) is 4.23. The van der Waals surface area contributed by atoms with Gasteiger partial charge in [0.1, 0.15) is 24.4 Å². The molecule has 6 nitrogen and oxygen atoms in total. The third-order valence-electron chi connectivity index (χ3n) is 1.86. The summed E-state index contributed by atoms with van der Waals surface area (Å²) in [5.74, 6) is 0. The van der Waals surface area contributed by atoms with E-state index in [1.807, 2.05) is 0 Å². The fourth-order valence-electron chi connectivity index (χ4n) is 1.06. The quantitative estimate of drug-likeness (QED) is 0.493. The maximum atomic E-state index is 10.7. The van der Waals surface area contributed by atoms with Gasteiger partial charge in [0.15, 0.2) is 6.29 Å². The van der Waals surface area contributed by atoms with E-state index in [0.717, 1.165) is 0 Å². The molecule has 0 rings (SSSR count). The molecule has 90 valence electrons. The Kier molecular flexibility index (Phi) is 4.98. The number of aldehydes is 1. The highest BCUT2D eigenvalue weighted by Gasteiger charge is 2.32. The number of rotatable bonds is 8. The predicted octanol–water partition coefficient (Wildman–Crippen LogP) is -1.42. The van der Waals surface area contributed by atoms with Crippen LogP contribution in [0.5, 0.6) is 0 Å². The lowest BCUT2D eigenvalue weighted by Crippen LogP contribution is -2.48. The molecule has 0 aromatic rings. The van der Waals surface area contributed by atoms with Gasteiger partial charge in [-0.25, -0.2) is 0 Å². The van der Waals surface area contributed by atoms with Crippen LogP contribution in [0.3, 0.4) is 0 Å². The number of aliphatic hydroxyl groups excluding tert-OH is 2. The standard InChI is InChI=1S/C9H18O6/c1-13-5-6(11)9(15-3)8(12)7(4-10)14-2/h4,6-9,11-12H,5H2,1-3H3/t6-,7+,8-,9-/m1/s1/i1D,2D,3D. The number of ether oxygens (including phenoxy) is 3. The van der Waals surface area contributed by atoms with Crippen LogP contribution in [0, 0.1) is 0 Å². The van der Waals surface area contributed by atoms with Crippen molar-refractivity contribution in [3.8, 4) is 0 Å². The van der Waals surface area contributed by atoms with Gasteiger partial charge in [-0.15, -0.1) is 0 Å². The summed E-state index contributed by atoms with van der Waals surface area (Å²) in [5, 5.41) is 19.4. The zero-order chi connectivity index (χ0) is 14.0. The minimum absolute atomic E-state index is 0.280. The van der Waals surface area contributed by atoms with Crippen LogP contribution in [0.15, 0.2) is 0 Å². The largest absolute Gasteiger partial charge is 0.388 e. The fraction of sp³-hybridized carbons (Fsp3) is 0.889. The van der Waals surface area contributed by atoms with Crippen molar-refractivity contribution >= 4 is 6.29 Å². The van der Waals surface area contributed by atoms with Crippen molar-refractivity contribution in [1.82, 2.24) is 0 Å². The number of carbonyl (C=O) groups excluding carboxylic acids is 1. The molecular formula is C9H18O6. The molecule has 0 bridgehead atoms. The van der Waals surface area contributed by atoms with Crippen LogP contribution in [0.4, 0.5) is 0 Å². The van der Waals surface area contributed by atoms with Crippen LogP contribution in [0.25, 0.3) is 0 Å². The number of hydrogen-bond acceptors (Lipinski definition) is 6. The van der Waals surface area contributed by atoms with Gasteiger partial charge in [-0.2, -0.15) is 0 Å². The first-order valence-corrected chi connectivity index (χ1v) is 4.12. The highest BCUT2D eigenvalue weighted by Crippen LogP contribution is 2.10. The van der Waals surface area contributed by atoms with Crippen molar-refractivity contribution in [1.29, 1.82) is 0 Å². The van der Waals surface area contributed by atoms with E-state index in [2.05, 4.69) is 9.47 Å². The minimum atomic E-state index is -1.53. The number of hydrogen-bond donors (Lipinski definition) is 2. The van der Waals surface area contributed by atoms with E-state index in [1.54, 1.807) is 0 Å². The lowest BCUT2D eigenvalue weighted by molar-refractivity contribution is -0.148. The summed E-state index contributed by atoms with van der Waals surface area (Å²) < 4.78 is 34.6. The van der Waals surface area contributed by atoms with Gasteiger partial charge in [0, 0.05) is 21.3 Å². The van der Waals surface area contributed by atoms with Gasteiger partial charge < -0.3 is 29.2 Å².